The average Bonchev–Trinajstić information content (AvgIpc) is 3.37. The van der Waals surface area contributed by atoms with Gasteiger partial charge >= 0.3 is 6.09 Å². The quantitative estimate of drug-likeness (QED) is 0.515. The monoisotopic (exact) mass is 448 g/mol. The molecular formula is C27H32N2O4. The van der Waals surface area contributed by atoms with Gasteiger partial charge in [-0.05, 0) is 49.8 Å². The molecule has 1 saturated heterocycles. The van der Waals surface area contributed by atoms with Crippen molar-refractivity contribution in [2.24, 2.45) is 5.16 Å². The highest BCUT2D eigenvalue weighted by Gasteiger charge is 2.52. The molecule has 2 atom stereocenters. The van der Waals surface area contributed by atoms with E-state index >= 15 is 0 Å². The van der Waals surface area contributed by atoms with E-state index in [0.717, 1.165) is 23.3 Å². The second-order valence-electron chi connectivity index (χ2n) is 9.38. The minimum Gasteiger partial charge on any atom is -0.441 e. The van der Waals surface area contributed by atoms with Crippen molar-refractivity contribution in [2.75, 3.05) is 0 Å². The highest BCUT2D eigenvalue weighted by Crippen LogP contribution is 2.33. The van der Waals surface area contributed by atoms with Crippen LogP contribution in [-0.2, 0) is 27.2 Å². The number of nitrogens with zero attached hydrogens (tertiary/aromatic N) is 2. The van der Waals surface area contributed by atoms with Crippen molar-refractivity contribution in [3.63, 3.8) is 0 Å². The van der Waals surface area contributed by atoms with Gasteiger partial charge in [-0.1, -0.05) is 79.5 Å². The molecule has 6 heteroatoms. The van der Waals surface area contributed by atoms with Gasteiger partial charge in [-0.15, -0.1) is 0 Å². The molecule has 2 amide bonds. The number of amides is 2. The zero-order valence-corrected chi connectivity index (χ0v) is 19.6. The van der Waals surface area contributed by atoms with Crippen LogP contribution >= 0.6 is 0 Å². The summed E-state index contributed by atoms with van der Waals surface area (Å²) >= 11 is 0. The van der Waals surface area contributed by atoms with E-state index in [1.165, 1.54) is 29.7 Å². The normalized spacial score (nSPS) is 21.5. The third-order valence-electron chi connectivity index (χ3n) is 6.47. The molecule has 0 aromatic heterocycles. The fourth-order valence-electron chi connectivity index (χ4n) is 4.48. The van der Waals surface area contributed by atoms with Crippen molar-refractivity contribution < 1.29 is 19.2 Å². The second kappa shape index (κ2) is 9.77. The summed E-state index contributed by atoms with van der Waals surface area (Å²) in [5.74, 6) is -0.401. The van der Waals surface area contributed by atoms with Crippen LogP contribution in [0.25, 0.3) is 0 Å². The van der Waals surface area contributed by atoms with Crippen molar-refractivity contribution in [2.45, 2.75) is 77.0 Å². The molecule has 0 N–H and O–H groups in total. The van der Waals surface area contributed by atoms with Crippen LogP contribution in [0.4, 0.5) is 4.79 Å². The fraction of sp³-hybridized carbons (Fsp3) is 0.444. The molecule has 0 radical (unpaired) electrons. The average molecular weight is 449 g/mol. The minimum atomic E-state index is -0.830. The lowest BCUT2D eigenvalue weighted by Crippen LogP contribution is -2.49. The molecule has 0 unspecified atom stereocenters. The summed E-state index contributed by atoms with van der Waals surface area (Å²) in [5.41, 5.74) is 3.20. The zero-order chi connectivity index (χ0) is 23.4. The van der Waals surface area contributed by atoms with Crippen LogP contribution in [0.15, 0.2) is 59.8 Å². The predicted octanol–water partition coefficient (Wildman–Crippen LogP) is 5.28. The molecule has 2 aliphatic heterocycles. The Morgan fingerprint density at radius 1 is 1.06 bits per heavy atom. The lowest BCUT2D eigenvalue weighted by atomic mass is 9.91. The number of aryl methyl sites for hydroxylation is 1. The molecule has 0 saturated carbocycles. The van der Waals surface area contributed by atoms with E-state index < -0.39 is 29.7 Å². The maximum Gasteiger partial charge on any atom is 0.417 e. The van der Waals surface area contributed by atoms with E-state index in [1.54, 1.807) is 0 Å². The van der Waals surface area contributed by atoms with Gasteiger partial charge in [0.1, 0.15) is 5.60 Å². The number of hydrogen-bond acceptors (Lipinski definition) is 5. The number of imide groups is 1. The van der Waals surface area contributed by atoms with Crippen LogP contribution < -0.4 is 0 Å². The van der Waals surface area contributed by atoms with E-state index in [4.69, 9.17) is 9.57 Å². The number of carbonyl (C=O) groups is 2. The summed E-state index contributed by atoms with van der Waals surface area (Å²) in [7, 11) is 0. The van der Waals surface area contributed by atoms with E-state index in [1.807, 2.05) is 56.3 Å². The Balaban J connectivity index is 1.43. The maximum atomic E-state index is 13.4. The molecule has 0 spiro atoms. The largest absolute Gasteiger partial charge is 0.441 e. The molecule has 6 nitrogen and oxygen atoms in total. The van der Waals surface area contributed by atoms with Crippen molar-refractivity contribution in [1.29, 1.82) is 0 Å². The van der Waals surface area contributed by atoms with Gasteiger partial charge in [0.15, 0.2) is 0 Å². The van der Waals surface area contributed by atoms with Crippen molar-refractivity contribution >= 4 is 17.7 Å². The van der Waals surface area contributed by atoms with Gasteiger partial charge in [-0.25, -0.2) is 9.69 Å². The lowest BCUT2D eigenvalue weighted by molar-refractivity contribution is -0.140. The smallest absolute Gasteiger partial charge is 0.417 e. The molecule has 2 aromatic carbocycles. The summed E-state index contributed by atoms with van der Waals surface area (Å²) in [5, 5.41) is 4.17. The fourth-order valence-corrected chi connectivity index (χ4v) is 4.48. The number of benzene rings is 2. The van der Waals surface area contributed by atoms with Crippen LogP contribution in [0.2, 0.25) is 0 Å². The highest BCUT2D eigenvalue weighted by atomic mass is 16.6. The molecule has 2 aromatic rings. The van der Waals surface area contributed by atoms with Crippen LogP contribution in [-0.4, -0.2) is 40.4 Å². The highest BCUT2D eigenvalue weighted by molar-refractivity contribution is 6.06. The number of oxime groups is 1. The minimum absolute atomic E-state index is 0.330. The van der Waals surface area contributed by atoms with Crippen molar-refractivity contribution in [1.82, 2.24) is 4.90 Å². The van der Waals surface area contributed by atoms with E-state index in [2.05, 4.69) is 24.2 Å². The third kappa shape index (κ3) is 5.10. The van der Waals surface area contributed by atoms with Crippen LogP contribution in [0.5, 0.6) is 0 Å². The number of unbranched alkanes of at least 4 members (excludes halogenated alkanes) is 2. The first-order valence-corrected chi connectivity index (χ1v) is 11.8. The molecule has 1 fully saturated rings. The van der Waals surface area contributed by atoms with Gasteiger partial charge < -0.3 is 9.57 Å². The summed E-state index contributed by atoms with van der Waals surface area (Å²) in [6.07, 6.45) is 4.07. The summed E-state index contributed by atoms with van der Waals surface area (Å²) < 4.78 is 5.56. The number of cyclic esters (lactones) is 1. The number of carbonyl (C=O) groups excluding carboxylic acids is 2. The van der Waals surface area contributed by atoms with Gasteiger partial charge in [0.2, 0.25) is 6.10 Å². The Morgan fingerprint density at radius 3 is 2.48 bits per heavy atom. The number of hydrogen-bond donors (Lipinski definition) is 0. The first kappa shape index (κ1) is 23.0. The van der Waals surface area contributed by atoms with Gasteiger partial charge in [0.05, 0.1) is 11.8 Å². The van der Waals surface area contributed by atoms with Gasteiger partial charge in [-0.2, -0.15) is 0 Å². The molecule has 4 rings (SSSR count). The molecule has 33 heavy (non-hydrogen) atoms. The third-order valence-corrected chi connectivity index (χ3v) is 6.47. The molecule has 2 aliphatic rings. The lowest BCUT2D eigenvalue weighted by Gasteiger charge is -2.28. The Labute approximate surface area is 195 Å². The first-order chi connectivity index (χ1) is 15.9. The SMILES string of the molecule is CCCCCc1ccc(C2=NO[C@H](C(=O)N3C(=O)OC(C)(C)[C@@H]3Cc3ccccc3)C2)cc1. The standard InChI is InChI=1S/C27H32N2O4/c1-4-5-7-10-19-13-15-21(16-14-19)22-18-23(33-28-22)25(30)29-24(27(2,3)32-26(29)31)17-20-11-8-6-9-12-20/h6,8-9,11-16,23-24H,4-5,7,10,17-18H2,1-3H3/t23-,24-/m0/s1. The van der Waals surface area contributed by atoms with Crippen molar-refractivity contribution in [3.05, 3.63) is 71.3 Å². The van der Waals surface area contributed by atoms with Crippen LogP contribution in [0.3, 0.4) is 0 Å². The van der Waals surface area contributed by atoms with E-state index in [0.29, 0.717) is 12.8 Å². The Bertz CT molecular complexity index is 1010. The van der Waals surface area contributed by atoms with Crippen LogP contribution in [0, 0.1) is 0 Å². The van der Waals surface area contributed by atoms with E-state index in [9.17, 15) is 9.59 Å². The van der Waals surface area contributed by atoms with Crippen molar-refractivity contribution in [3.8, 4) is 0 Å². The Kier molecular flexibility index (Phi) is 6.82. The molecule has 174 valence electrons. The molecule has 0 aliphatic carbocycles. The molecule has 0 bridgehead atoms. The van der Waals surface area contributed by atoms with Gasteiger partial charge in [-0.3, -0.25) is 4.79 Å². The zero-order valence-electron chi connectivity index (χ0n) is 19.6. The maximum absolute atomic E-state index is 13.4. The summed E-state index contributed by atoms with van der Waals surface area (Å²) in [6.45, 7) is 5.88. The second-order valence-corrected chi connectivity index (χ2v) is 9.38. The summed E-state index contributed by atoms with van der Waals surface area (Å²) in [6, 6.07) is 17.7. The molecular weight excluding hydrogens is 416 g/mol. The van der Waals surface area contributed by atoms with Gasteiger partial charge in [0, 0.05) is 6.42 Å². The first-order valence-electron chi connectivity index (χ1n) is 11.8. The van der Waals surface area contributed by atoms with E-state index in [-0.39, 0.29) is 0 Å². The summed E-state index contributed by atoms with van der Waals surface area (Å²) in [4.78, 5) is 32.8. The van der Waals surface area contributed by atoms with Gasteiger partial charge in [0.25, 0.3) is 5.91 Å². The predicted molar refractivity (Wildman–Crippen MR) is 127 cm³/mol. The Morgan fingerprint density at radius 2 is 1.79 bits per heavy atom. The number of rotatable bonds is 8. The topological polar surface area (TPSA) is 68.2 Å². The number of ether oxygens (including phenoxy) is 1. The molecule has 2 heterocycles. The van der Waals surface area contributed by atoms with Crippen LogP contribution in [0.1, 0.15) is 63.1 Å². The Hall–Kier alpha value is -3.15.